The summed E-state index contributed by atoms with van der Waals surface area (Å²) in [4.78, 5) is 0.267. The molecule has 0 aliphatic heterocycles. The van der Waals surface area contributed by atoms with E-state index < -0.39 is 16.1 Å². The number of aliphatic hydroxyl groups is 1. The maximum Gasteiger partial charge on any atom is 0.240 e. The third-order valence-electron chi connectivity index (χ3n) is 3.94. The van der Waals surface area contributed by atoms with Crippen LogP contribution in [-0.2, 0) is 14.8 Å². The zero-order chi connectivity index (χ0) is 18.4. The molecule has 25 heavy (non-hydrogen) atoms. The van der Waals surface area contributed by atoms with E-state index in [4.69, 9.17) is 9.84 Å². The predicted octanol–water partition coefficient (Wildman–Crippen LogP) is 2.64. The molecule has 1 unspecified atom stereocenters. The Morgan fingerprint density at radius 1 is 1.04 bits per heavy atom. The molecule has 6 heteroatoms. The molecule has 0 saturated carbocycles. The largest absolute Gasteiger partial charge is 0.394 e. The van der Waals surface area contributed by atoms with Gasteiger partial charge in [-0.25, -0.2) is 13.1 Å². The standard InChI is InChI=1S/C19H25NO4S/c1-14-4-7-17(8-5-14)18(24-11-10-21)13-20-25(22,23)19-9-6-15(2)12-16(19)3/h4-9,12,18,20-21H,10-11,13H2,1-3H3. The van der Waals surface area contributed by atoms with Gasteiger partial charge in [-0.15, -0.1) is 0 Å². The molecule has 5 nitrogen and oxygen atoms in total. The van der Waals surface area contributed by atoms with Gasteiger partial charge in [0.15, 0.2) is 0 Å². The fourth-order valence-electron chi connectivity index (χ4n) is 2.61. The van der Waals surface area contributed by atoms with E-state index in [1.54, 1.807) is 19.1 Å². The van der Waals surface area contributed by atoms with Crippen molar-refractivity contribution < 1.29 is 18.3 Å². The van der Waals surface area contributed by atoms with E-state index in [-0.39, 0.29) is 24.7 Å². The van der Waals surface area contributed by atoms with Crippen LogP contribution in [0.1, 0.15) is 28.4 Å². The highest BCUT2D eigenvalue weighted by molar-refractivity contribution is 7.89. The van der Waals surface area contributed by atoms with Crippen LogP contribution in [0.4, 0.5) is 0 Å². The monoisotopic (exact) mass is 363 g/mol. The molecular formula is C19H25NO4S. The summed E-state index contributed by atoms with van der Waals surface area (Å²) in [7, 11) is -3.64. The van der Waals surface area contributed by atoms with Crippen molar-refractivity contribution in [2.75, 3.05) is 19.8 Å². The summed E-state index contributed by atoms with van der Waals surface area (Å²) in [6.07, 6.45) is -0.465. The molecule has 0 aliphatic carbocycles. The first-order chi connectivity index (χ1) is 11.8. The number of benzene rings is 2. The molecule has 2 aromatic carbocycles. The number of nitrogens with one attached hydrogen (secondary N) is 1. The van der Waals surface area contributed by atoms with E-state index in [2.05, 4.69) is 4.72 Å². The number of rotatable bonds is 8. The average Bonchev–Trinajstić information content (AvgIpc) is 2.55. The number of hydrogen-bond donors (Lipinski definition) is 2. The van der Waals surface area contributed by atoms with Gasteiger partial charge in [0, 0.05) is 6.54 Å². The Balaban J connectivity index is 2.17. The summed E-state index contributed by atoms with van der Waals surface area (Å²) in [5, 5.41) is 9.01. The zero-order valence-corrected chi connectivity index (χ0v) is 15.6. The Morgan fingerprint density at radius 3 is 2.28 bits per heavy atom. The maximum atomic E-state index is 12.6. The van der Waals surface area contributed by atoms with Crippen LogP contribution in [0.3, 0.4) is 0 Å². The summed E-state index contributed by atoms with van der Waals surface area (Å²) >= 11 is 0. The second-order valence-electron chi connectivity index (χ2n) is 6.11. The van der Waals surface area contributed by atoms with Gasteiger partial charge in [0.05, 0.1) is 24.2 Å². The van der Waals surface area contributed by atoms with E-state index in [9.17, 15) is 8.42 Å². The van der Waals surface area contributed by atoms with Crippen LogP contribution in [0.2, 0.25) is 0 Å². The molecule has 0 aromatic heterocycles. The zero-order valence-electron chi connectivity index (χ0n) is 14.8. The summed E-state index contributed by atoms with van der Waals surface area (Å²) in [6, 6.07) is 12.9. The highest BCUT2D eigenvalue weighted by Gasteiger charge is 2.20. The van der Waals surface area contributed by atoms with Crippen molar-refractivity contribution in [3.8, 4) is 0 Å². The van der Waals surface area contributed by atoms with Gasteiger partial charge in [0.1, 0.15) is 0 Å². The molecular weight excluding hydrogens is 338 g/mol. The topological polar surface area (TPSA) is 75.6 Å². The smallest absolute Gasteiger partial charge is 0.240 e. The first kappa shape index (κ1) is 19.6. The average molecular weight is 363 g/mol. The van der Waals surface area contributed by atoms with Crippen LogP contribution in [0.15, 0.2) is 47.4 Å². The molecule has 0 aliphatic rings. The summed E-state index contributed by atoms with van der Waals surface area (Å²) < 4.78 is 33.5. The molecule has 0 fully saturated rings. The minimum absolute atomic E-state index is 0.0959. The molecule has 0 spiro atoms. The summed E-state index contributed by atoms with van der Waals surface area (Å²) in [5.74, 6) is 0. The van der Waals surface area contributed by atoms with Gasteiger partial charge in [-0.1, -0.05) is 47.5 Å². The third kappa shape index (κ3) is 5.37. The highest BCUT2D eigenvalue weighted by Crippen LogP contribution is 2.20. The van der Waals surface area contributed by atoms with E-state index in [1.807, 2.05) is 44.2 Å². The normalized spacial score (nSPS) is 13.0. The van der Waals surface area contributed by atoms with E-state index in [1.165, 1.54) is 0 Å². The minimum Gasteiger partial charge on any atom is -0.394 e. The molecule has 0 heterocycles. The Morgan fingerprint density at radius 2 is 1.68 bits per heavy atom. The van der Waals surface area contributed by atoms with Crippen molar-refractivity contribution in [1.82, 2.24) is 4.72 Å². The van der Waals surface area contributed by atoms with Crippen molar-refractivity contribution >= 4 is 10.0 Å². The number of sulfonamides is 1. The van der Waals surface area contributed by atoms with Crippen LogP contribution in [-0.4, -0.2) is 33.3 Å². The number of hydrogen-bond acceptors (Lipinski definition) is 4. The molecule has 1 atom stereocenters. The molecule has 136 valence electrons. The Labute approximate surface area is 149 Å². The van der Waals surface area contributed by atoms with Crippen LogP contribution in [0.25, 0.3) is 0 Å². The van der Waals surface area contributed by atoms with E-state index in [0.717, 1.165) is 16.7 Å². The van der Waals surface area contributed by atoms with E-state index in [0.29, 0.717) is 5.56 Å². The van der Waals surface area contributed by atoms with Gasteiger partial charge in [-0.2, -0.15) is 0 Å². The van der Waals surface area contributed by atoms with Crippen LogP contribution in [0, 0.1) is 20.8 Å². The highest BCUT2D eigenvalue weighted by atomic mass is 32.2. The quantitative estimate of drug-likeness (QED) is 0.756. The van der Waals surface area contributed by atoms with Crippen molar-refractivity contribution in [2.24, 2.45) is 0 Å². The van der Waals surface area contributed by atoms with Crippen LogP contribution >= 0.6 is 0 Å². The first-order valence-electron chi connectivity index (χ1n) is 8.19. The maximum absolute atomic E-state index is 12.6. The second kappa shape index (κ2) is 8.58. The number of aryl methyl sites for hydroxylation is 3. The van der Waals surface area contributed by atoms with Gasteiger partial charge in [-0.05, 0) is 38.0 Å². The first-order valence-corrected chi connectivity index (χ1v) is 9.68. The molecule has 2 rings (SSSR count). The minimum atomic E-state index is -3.64. The fourth-order valence-corrected chi connectivity index (χ4v) is 3.87. The SMILES string of the molecule is Cc1ccc(C(CNS(=O)(=O)c2ccc(C)cc2C)OCCO)cc1. The molecule has 0 radical (unpaired) electrons. The van der Waals surface area contributed by atoms with Crippen molar-refractivity contribution in [1.29, 1.82) is 0 Å². The fraction of sp³-hybridized carbons (Fsp3) is 0.368. The number of ether oxygens (including phenoxy) is 1. The van der Waals surface area contributed by atoms with Crippen molar-refractivity contribution in [3.63, 3.8) is 0 Å². The number of aliphatic hydroxyl groups excluding tert-OH is 1. The van der Waals surface area contributed by atoms with Crippen molar-refractivity contribution in [3.05, 3.63) is 64.7 Å². The molecule has 0 bridgehead atoms. The Kier molecular flexibility index (Phi) is 6.72. The molecule has 2 aromatic rings. The lowest BCUT2D eigenvalue weighted by Gasteiger charge is -2.19. The van der Waals surface area contributed by atoms with Crippen molar-refractivity contribution in [2.45, 2.75) is 31.8 Å². The Bertz CT molecular complexity index is 801. The van der Waals surface area contributed by atoms with Crippen LogP contribution in [0.5, 0.6) is 0 Å². The Hall–Kier alpha value is -1.73. The summed E-state index contributed by atoms with van der Waals surface area (Å²) in [5.41, 5.74) is 3.69. The van der Waals surface area contributed by atoms with Crippen LogP contribution < -0.4 is 4.72 Å². The van der Waals surface area contributed by atoms with Gasteiger partial charge in [-0.3, -0.25) is 0 Å². The van der Waals surface area contributed by atoms with Gasteiger partial charge < -0.3 is 9.84 Å². The van der Waals surface area contributed by atoms with Gasteiger partial charge in [0.2, 0.25) is 10.0 Å². The third-order valence-corrected chi connectivity index (χ3v) is 5.52. The molecule has 0 saturated heterocycles. The van der Waals surface area contributed by atoms with Gasteiger partial charge >= 0.3 is 0 Å². The van der Waals surface area contributed by atoms with Gasteiger partial charge in [0.25, 0.3) is 0 Å². The lowest BCUT2D eigenvalue weighted by atomic mass is 10.1. The lowest BCUT2D eigenvalue weighted by molar-refractivity contribution is 0.0309. The molecule has 0 amide bonds. The molecule has 2 N–H and O–H groups in total. The predicted molar refractivity (Wildman–Crippen MR) is 98.1 cm³/mol. The second-order valence-corrected chi connectivity index (χ2v) is 7.85. The van der Waals surface area contributed by atoms with E-state index >= 15 is 0 Å². The summed E-state index contributed by atoms with van der Waals surface area (Å²) in [6.45, 7) is 5.80. The lowest BCUT2D eigenvalue weighted by Crippen LogP contribution is -2.30.